The number of nitrogens with zero attached hydrogens (tertiary/aromatic N) is 2. The van der Waals surface area contributed by atoms with Crippen LogP contribution in [-0.2, 0) is 18.4 Å². The van der Waals surface area contributed by atoms with Crippen LogP contribution in [0, 0.1) is 5.82 Å². The number of benzene rings is 3. The maximum absolute atomic E-state index is 13.8. The van der Waals surface area contributed by atoms with E-state index in [1.807, 2.05) is 23.1 Å². The van der Waals surface area contributed by atoms with Crippen molar-refractivity contribution in [3.8, 4) is 0 Å². The van der Waals surface area contributed by atoms with Gasteiger partial charge in [-0.2, -0.15) is 0 Å². The molecule has 0 atom stereocenters. The average molecular weight is 475 g/mol. The highest BCUT2D eigenvalue weighted by molar-refractivity contribution is 6.32. The summed E-state index contributed by atoms with van der Waals surface area (Å²) in [6.45, 7) is 7.46. The summed E-state index contributed by atoms with van der Waals surface area (Å²) in [6.07, 6.45) is 2.29. The fourth-order valence-corrected chi connectivity index (χ4v) is 4.21. The summed E-state index contributed by atoms with van der Waals surface area (Å²) in [7, 11) is 0. The van der Waals surface area contributed by atoms with Gasteiger partial charge in [0.2, 0.25) is 0 Å². The van der Waals surface area contributed by atoms with Gasteiger partial charge >= 0.3 is 0 Å². The summed E-state index contributed by atoms with van der Waals surface area (Å²) in [4.78, 5) is 20.1. The third-order valence-corrected chi connectivity index (χ3v) is 6.18. The Kier molecular flexibility index (Phi) is 6.99. The van der Waals surface area contributed by atoms with Crippen molar-refractivity contribution in [2.75, 3.05) is 6.54 Å². The van der Waals surface area contributed by atoms with Gasteiger partial charge in [-0.15, -0.1) is 0 Å². The number of rotatable bonds is 6. The number of pyridine rings is 1. The first-order chi connectivity index (χ1) is 16.2. The predicted molar refractivity (Wildman–Crippen MR) is 137 cm³/mol. The Bertz CT molecular complexity index is 1290. The molecule has 0 saturated heterocycles. The van der Waals surface area contributed by atoms with Gasteiger partial charge in [0.05, 0.1) is 11.1 Å². The van der Waals surface area contributed by atoms with Gasteiger partial charge in [0, 0.05) is 29.7 Å². The Morgan fingerprint density at radius 3 is 2.32 bits per heavy atom. The van der Waals surface area contributed by atoms with E-state index < -0.39 is 0 Å². The number of hydrogen-bond donors (Lipinski definition) is 0. The molecule has 0 aliphatic carbocycles. The Hall–Kier alpha value is -3.24. The molecule has 0 bridgehead atoms. The van der Waals surface area contributed by atoms with Crippen LogP contribution in [0.15, 0.2) is 79.0 Å². The van der Waals surface area contributed by atoms with Gasteiger partial charge in [0.15, 0.2) is 0 Å². The van der Waals surface area contributed by atoms with Crippen LogP contribution >= 0.6 is 11.6 Å². The monoisotopic (exact) mass is 474 g/mol. The van der Waals surface area contributed by atoms with E-state index in [0.29, 0.717) is 35.6 Å². The number of halogens is 2. The molecule has 4 rings (SSSR count). The molecule has 0 fully saturated rings. The Balaban J connectivity index is 1.65. The van der Waals surface area contributed by atoms with Gasteiger partial charge in [-0.25, -0.2) is 4.39 Å². The number of aromatic nitrogens is 1. The van der Waals surface area contributed by atoms with E-state index >= 15 is 0 Å². The first kappa shape index (κ1) is 23.9. The second-order valence-corrected chi connectivity index (χ2v) is 10.0. The van der Waals surface area contributed by atoms with Gasteiger partial charge in [-0.1, -0.05) is 74.8 Å². The maximum atomic E-state index is 13.8. The fourth-order valence-electron chi connectivity index (χ4n) is 3.99. The van der Waals surface area contributed by atoms with Crippen LogP contribution in [0.4, 0.5) is 4.39 Å². The predicted octanol–water partition coefficient (Wildman–Crippen LogP) is 7.21. The van der Waals surface area contributed by atoms with Gasteiger partial charge < -0.3 is 4.90 Å². The summed E-state index contributed by atoms with van der Waals surface area (Å²) in [6, 6.07) is 22.0. The molecule has 174 valence electrons. The summed E-state index contributed by atoms with van der Waals surface area (Å²) < 4.78 is 13.3. The summed E-state index contributed by atoms with van der Waals surface area (Å²) in [5.74, 6) is -0.402. The van der Waals surface area contributed by atoms with Crippen molar-refractivity contribution >= 4 is 28.4 Å². The molecule has 3 aromatic carbocycles. The standard InChI is InChI=1S/C29H28ClFN2O/c1-29(2,3)23-10-6-21(7-11-23)19-33(16-14-20-8-12-25(31)13-9-20)28(34)26-18-24(30)17-22-5-4-15-32-27(22)26/h4-13,15,17-18H,14,16,19H2,1-3H3. The molecule has 5 heteroatoms. The third-order valence-electron chi connectivity index (χ3n) is 5.96. The highest BCUT2D eigenvalue weighted by atomic mass is 35.5. The molecule has 1 aromatic heterocycles. The van der Waals surface area contributed by atoms with Gasteiger partial charge in [-0.3, -0.25) is 9.78 Å². The van der Waals surface area contributed by atoms with E-state index in [2.05, 4.69) is 50.0 Å². The molecular weight excluding hydrogens is 447 g/mol. The van der Waals surface area contributed by atoms with E-state index in [9.17, 15) is 9.18 Å². The van der Waals surface area contributed by atoms with Crippen LogP contribution in [0.3, 0.4) is 0 Å². The van der Waals surface area contributed by atoms with Crippen molar-refractivity contribution in [1.82, 2.24) is 9.88 Å². The smallest absolute Gasteiger partial charge is 0.256 e. The molecule has 0 aliphatic rings. The molecule has 0 spiro atoms. The lowest BCUT2D eigenvalue weighted by Gasteiger charge is -2.25. The highest BCUT2D eigenvalue weighted by Gasteiger charge is 2.21. The van der Waals surface area contributed by atoms with Crippen molar-refractivity contribution in [2.24, 2.45) is 0 Å². The number of fused-ring (bicyclic) bond motifs is 1. The third kappa shape index (κ3) is 5.63. The van der Waals surface area contributed by atoms with Crippen LogP contribution in [-0.4, -0.2) is 22.3 Å². The SMILES string of the molecule is CC(C)(C)c1ccc(CN(CCc2ccc(F)cc2)C(=O)c2cc(Cl)cc3cccnc23)cc1. The zero-order valence-corrected chi connectivity index (χ0v) is 20.4. The van der Waals surface area contributed by atoms with Crippen molar-refractivity contribution < 1.29 is 9.18 Å². The summed E-state index contributed by atoms with van der Waals surface area (Å²) >= 11 is 6.35. The highest BCUT2D eigenvalue weighted by Crippen LogP contribution is 2.26. The minimum atomic E-state index is -0.271. The van der Waals surface area contributed by atoms with Crippen LogP contribution in [0.25, 0.3) is 10.9 Å². The van der Waals surface area contributed by atoms with Crippen LogP contribution in [0.1, 0.15) is 47.8 Å². The molecule has 34 heavy (non-hydrogen) atoms. The number of carbonyl (C=O) groups is 1. The topological polar surface area (TPSA) is 33.2 Å². The number of carbonyl (C=O) groups excluding carboxylic acids is 1. The molecule has 0 radical (unpaired) electrons. The molecule has 3 nitrogen and oxygen atoms in total. The molecule has 4 aromatic rings. The lowest BCUT2D eigenvalue weighted by atomic mass is 9.87. The minimum absolute atomic E-state index is 0.0575. The fraction of sp³-hybridized carbons (Fsp3) is 0.241. The zero-order valence-electron chi connectivity index (χ0n) is 19.7. The van der Waals surface area contributed by atoms with Crippen molar-refractivity contribution in [1.29, 1.82) is 0 Å². The molecule has 0 aliphatic heterocycles. The van der Waals surface area contributed by atoms with E-state index in [1.165, 1.54) is 17.7 Å². The molecule has 0 N–H and O–H groups in total. The van der Waals surface area contributed by atoms with Crippen molar-refractivity contribution in [3.63, 3.8) is 0 Å². The second kappa shape index (κ2) is 9.94. The maximum Gasteiger partial charge on any atom is 0.256 e. The Morgan fingerprint density at radius 1 is 0.971 bits per heavy atom. The van der Waals surface area contributed by atoms with Crippen LogP contribution < -0.4 is 0 Å². The van der Waals surface area contributed by atoms with Crippen LogP contribution in [0.5, 0.6) is 0 Å². The first-order valence-corrected chi connectivity index (χ1v) is 11.8. The number of amides is 1. The lowest BCUT2D eigenvalue weighted by molar-refractivity contribution is 0.0747. The van der Waals surface area contributed by atoms with E-state index in [1.54, 1.807) is 24.4 Å². The summed E-state index contributed by atoms with van der Waals surface area (Å²) in [5.41, 5.74) is 4.42. The normalized spacial score (nSPS) is 11.6. The zero-order chi connectivity index (χ0) is 24.3. The lowest BCUT2D eigenvalue weighted by Crippen LogP contribution is -2.33. The summed E-state index contributed by atoms with van der Waals surface area (Å²) in [5, 5.41) is 1.32. The molecule has 1 amide bonds. The molecule has 0 saturated carbocycles. The second-order valence-electron chi connectivity index (χ2n) is 9.58. The largest absolute Gasteiger partial charge is 0.334 e. The first-order valence-electron chi connectivity index (χ1n) is 11.4. The van der Waals surface area contributed by atoms with Crippen molar-refractivity contribution in [3.05, 3.63) is 112 Å². The molecule has 1 heterocycles. The van der Waals surface area contributed by atoms with E-state index in [0.717, 1.165) is 16.5 Å². The number of hydrogen-bond acceptors (Lipinski definition) is 2. The Labute approximate surface area is 205 Å². The molecule has 0 unspecified atom stereocenters. The van der Waals surface area contributed by atoms with Crippen LogP contribution in [0.2, 0.25) is 5.02 Å². The van der Waals surface area contributed by atoms with E-state index in [4.69, 9.17) is 11.6 Å². The quantitative estimate of drug-likeness (QED) is 0.296. The minimum Gasteiger partial charge on any atom is -0.334 e. The van der Waals surface area contributed by atoms with E-state index in [-0.39, 0.29) is 17.1 Å². The van der Waals surface area contributed by atoms with Gasteiger partial charge in [0.1, 0.15) is 5.82 Å². The molecular formula is C29H28ClFN2O. The van der Waals surface area contributed by atoms with Gasteiger partial charge in [-0.05, 0) is 58.9 Å². The Morgan fingerprint density at radius 2 is 1.65 bits per heavy atom. The van der Waals surface area contributed by atoms with Gasteiger partial charge in [0.25, 0.3) is 5.91 Å². The van der Waals surface area contributed by atoms with Crippen molar-refractivity contribution in [2.45, 2.75) is 39.2 Å². The average Bonchev–Trinajstić information content (AvgIpc) is 2.81.